The Kier molecular flexibility index (Phi) is 5.98. The number of rotatable bonds is 6. The normalized spacial score (nSPS) is 10.4. The Bertz CT molecular complexity index is 386. The largest absolute Gasteiger partial charge is 0.484 e. The van der Waals surface area contributed by atoms with E-state index in [1.807, 2.05) is 13.8 Å². The summed E-state index contributed by atoms with van der Waals surface area (Å²) in [5.41, 5.74) is 6.28. The third-order valence-corrected chi connectivity index (χ3v) is 3.07. The van der Waals surface area contributed by atoms with Crippen LogP contribution in [0.5, 0.6) is 5.75 Å². The molecule has 0 saturated heterocycles. The maximum atomic E-state index is 11.6. The molecule has 1 aromatic rings. The second-order valence-electron chi connectivity index (χ2n) is 4.09. The van der Waals surface area contributed by atoms with Crippen LogP contribution in [0.2, 0.25) is 0 Å². The van der Waals surface area contributed by atoms with Crippen molar-refractivity contribution in [3.8, 4) is 5.75 Å². The van der Waals surface area contributed by atoms with Crippen molar-refractivity contribution in [2.24, 2.45) is 0 Å². The van der Waals surface area contributed by atoms with Crippen LogP contribution in [0, 0.1) is 0 Å². The number of hydrogen-bond acceptors (Lipinski definition) is 3. The molecule has 0 fully saturated rings. The lowest BCUT2D eigenvalue weighted by atomic mass is 10.2. The first-order valence-electron chi connectivity index (χ1n) is 6.03. The van der Waals surface area contributed by atoms with Crippen LogP contribution in [0.4, 0.5) is 5.69 Å². The maximum absolute atomic E-state index is 11.6. The minimum atomic E-state index is -0.109. The number of ether oxygens (including phenoxy) is 1. The first-order chi connectivity index (χ1) is 8.55. The van der Waals surface area contributed by atoms with E-state index >= 15 is 0 Å². The number of halogens is 1. The molecular formula is C13H19BrN2O2. The number of nitrogens with two attached hydrogens (primary N) is 1. The van der Waals surface area contributed by atoms with Crippen LogP contribution in [0.25, 0.3) is 0 Å². The van der Waals surface area contributed by atoms with E-state index in [1.54, 1.807) is 18.2 Å². The summed E-state index contributed by atoms with van der Waals surface area (Å²) < 4.78 is 6.23. The third-order valence-electron chi connectivity index (χ3n) is 2.61. The van der Waals surface area contributed by atoms with Crippen molar-refractivity contribution in [1.82, 2.24) is 5.32 Å². The highest BCUT2D eigenvalue weighted by Gasteiger charge is 2.09. The fourth-order valence-electron chi connectivity index (χ4n) is 1.58. The minimum absolute atomic E-state index is 0.00634. The van der Waals surface area contributed by atoms with Crippen molar-refractivity contribution in [2.45, 2.75) is 32.7 Å². The molecule has 5 heteroatoms. The summed E-state index contributed by atoms with van der Waals surface area (Å²) >= 11 is 3.32. The minimum Gasteiger partial charge on any atom is -0.484 e. The molecule has 0 bridgehead atoms. The summed E-state index contributed by atoms with van der Waals surface area (Å²) in [5, 5.41) is 2.91. The first-order valence-corrected chi connectivity index (χ1v) is 6.82. The summed E-state index contributed by atoms with van der Waals surface area (Å²) in [5.74, 6) is 0.476. The van der Waals surface area contributed by atoms with Crippen molar-refractivity contribution in [2.75, 3.05) is 12.3 Å². The van der Waals surface area contributed by atoms with Crippen LogP contribution in [0.1, 0.15) is 26.7 Å². The molecule has 100 valence electrons. The molecule has 0 aromatic heterocycles. The van der Waals surface area contributed by atoms with Gasteiger partial charge in [-0.15, -0.1) is 0 Å². The molecule has 4 nitrogen and oxygen atoms in total. The highest BCUT2D eigenvalue weighted by Crippen LogP contribution is 2.22. The van der Waals surface area contributed by atoms with Gasteiger partial charge in [-0.1, -0.05) is 29.8 Å². The smallest absolute Gasteiger partial charge is 0.258 e. The highest BCUT2D eigenvalue weighted by atomic mass is 79.9. The van der Waals surface area contributed by atoms with Gasteiger partial charge < -0.3 is 15.8 Å². The van der Waals surface area contributed by atoms with E-state index in [2.05, 4.69) is 21.2 Å². The molecule has 1 rings (SSSR count). The molecule has 0 unspecified atom stereocenters. The Morgan fingerprint density at radius 2 is 2.06 bits per heavy atom. The van der Waals surface area contributed by atoms with Gasteiger partial charge in [0.15, 0.2) is 6.61 Å². The summed E-state index contributed by atoms with van der Waals surface area (Å²) in [6.45, 7) is 4.10. The molecule has 0 heterocycles. The van der Waals surface area contributed by atoms with Gasteiger partial charge in [0.2, 0.25) is 0 Å². The number of nitrogen functional groups attached to an aromatic ring is 1. The molecule has 0 saturated carbocycles. The number of carbonyl (C=O) groups excluding carboxylic acids is 1. The molecule has 0 radical (unpaired) electrons. The molecule has 1 amide bonds. The van der Waals surface area contributed by atoms with E-state index in [4.69, 9.17) is 10.5 Å². The zero-order valence-corrected chi connectivity index (χ0v) is 12.3. The summed E-state index contributed by atoms with van der Waals surface area (Å²) in [6.07, 6.45) is 1.85. The van der Waals surface area contributed by atoms with E-state index in [0.29, 0.717) is 11.4 Å². The average molecular weight is 315 g/mol. The second kappa shape index (κ2) is 7.26. The fraction of sp³-hybridized carbons (Fsp3) is 0.462. The lowest BCUT2D eigenvalue weighted by Gasteiger charge is -2.15. The van der Waals surface area contributed by atoms with Gasteiger partial charge in [-0.25, -0.2) is 0 Å². The average Bonchev–Trinajstić information content (AvgIpc) is 2.32. The van der Waals surface area contributed by atoms with Gasteiger partial charge in [-0.05, 0) is 25.0 Å². The van der Waals surface area contributed by atoms with Crippen molar-refractivity contribution >= 4 is 27.5 Å². The molecule has 18 heavy (non-hydrogen) atoms. The van der Waals surface area contributed by atoms with Gasteiger partial charge in [0.25, 0.3) is 5.91 Å². The summed E-state index contributed by atoms with van der Waals surface area (Å²) in [6, 6.07) is 5.46. The molecule has 0 spiro atoms. The summed E-state index contributed by atoms with van der Waals surface area (Å²) in [7, 11) is 0. The van der Waals surface area contributed by atoms with Crippen molar-refractivity contribution in [1.29, 1.82) is 0 Å². The Hall–Kier alpha value is -1.23. The molecule has 3 N–H and O–H groups in total. The van der Waals surface area contributed by atoms with E-state index in [9.17, 15) is 4.79 Å². The van der Waals surface area contributed by atoms with Gasteiger partial charge in [-0.2, -0.15) is 0 Å². The molecular weight excluding hydrogens is 296 g/mol. The Balaban J connectivity index is 2.47. The van der Waals surface area contributed by atoms with Crippen molar-refractivity contribution in [3.63, 3.8) is 0 Å². The van der Waals surface area contributed by atoms with Crippen molar-refractivity contribution in [3.05, 3.63) is 22.7 Å². The second-order valence-corrected chi connectivity index (χ2v) is 5.01. The van der Waals surface area contributed by atoms with E-state index in [0.717, 1.165) is 17.3 Å². The van der Waals surface area contributed by atoms with Crippen LogP contribution in [-0.4, -0.2) is 18.6 Å². The van der Waals surface area contributed by atoms with Gasteiger partial charge >= 0.3 is 0 Å². The summed E-state index contributed by atoms with van der Waals surface area (Å²) in [4.78, 5) is 11.6. The van der Waals surface area contributed by atoms with Crippen LogP contribution >= 0.6 is 15.9 Å². The van der Waals surface area contributed by atoms with Crippen molar-refractivity contribution < 1.29 is 9.53 Å². The van der Waals surface area contributed by atoms with Crippen LogP contribution in [0.3, 0.4) is 0 Å². The Labute approximate surface area is 116 Å². The number of hydrogen-bond donors (Lipinski definition) is 2. The lowest BCUT2D eigenvalue weighted by molar-refractivity contribution is -0.123. The number of carbonyl (C=O) groups is 1. The standard InChI is InChI=1S/C13H19BrN2O2/c1-3-11(4-2)16-13(17)8-18-12-6-9(14)5-10(15)7-12/h5-7,11H,3-4,8,15H2,1-2H3,(H,16,17). The number of anilines is 1. The maximum Gasteiger partial charge on any atom is 0.258 e. The predicted octanol–water partition coefficient (Wildman–Crippen LogP) is 2.71. The van der Waals surface area contributed by atoms with Crippen LogP contribution in [-0.2, 0) is 4.79 Å². The number of nitrogens with one attached hydrogen (secondary N) is 1. The highest BCUT2D eigenvalue weighted by molar-refractivity contribution is 9.10. The van der Waals surface area contributed by atoms with E-state index < -0.39 is 0 Å². The quantitative estimate of drug-likeness (QED) is 0.793. The molecule has 1 aromatic carbocycles. The van der Waals surface area contributed by atoms with Gasteiger partial charge in [0.1, 0.15) is 5.75 Å². The zero-order chi connectivity index (χ0) is 13.5. The molecule has 0 atom stereocenters. The Morgan fingerprint density at radius 3 is 2.61 bits per heavy atom. The van der Waals surface area contributed by atoms with Gasteiger partial charge in [0, 0.05) is 22.3 Å². The molecule has 0 aliphatic carbocycles. The molecule has 0 aliphatic rings. The van der Waals surface area contributed by atoms with E-state index in [1.165, 1.54) is 0 Å². The predicted molar refractivity (Wildman–Crippen MR) is 76.6 cm³/mol. The van der Waals surface area contributed by atoms with Gasteiger partial charge in [0.05, 0.1) is 0 Å². The van der Waals surface area contributed by atoms with Crippen LogP contribution < -0.4 is 15.8 Å². The lowest BCUT2D eigenvalue weighted by Crippen LogP contribution is -2.37. The topological polar surface area (TPSA) is 64.3 Å². The SMILES string of the molecule is CCC(CC)NC(=O)COc1cc(N)cc(Br)c1. The van der Waals surface area contributed by atoms with E-state index in [-0.39, 0.29) is 18.6 Å². The Morgan fingerprint density at radius 1 is 1.39 bits per heavy atom. The third kappa shape index (κ3) is 4.96. The van der Waals surface area contributed by atoms with Gasteiger partial charge in [-0.3, -0.25) is 4.79 Å². The first kappa shape index (κ1) is 14.8. The van der Waals surface area contributed by atoms with Crippen LogP contribution in [0.15, 0.2) is 22.7 Å². The monoisotopic (exact) mass is 314 g/mol. The fourth-order valence-corrected chi connectivity index (χ4v) is 2.07. The molecule has 0 aliphatic heterocycles. The number of benzene rings is 1. The zero-order valence-electron chi connectivity index (χ0n) is 10.7. The number of amides is 1.